The molecule has 0 heterocycles. The number of amides is 1. The zero-order valence-corrected chi connectivity index (χ0v) is 14.1. The molecule has 1 aromatic rings. The highest BCUT2D eigenvalue weighted by atomic mass is 16.6. The second kappa shape index (κ2) is 10.1. The summed E-state index contributed by atoms with van der Waals surface area (Å²) in [6.45, 7) is 12.8. The Morgan fingerprint density at radius 3 is 2.14 bits per heavy atom. The van der Waals surface area contributed by atoms with Crippen LogP contribution in [-0.4, -0.2) is 24.8 Å². The van der Waals surface area contributed by atoms with E-state index in [1.165, 1.54) is 0 Å². The number of alkyl carbamates (subject to hydrolysis) is 1. The molecule has 21 heavy (non-hydrogen) atoms. The third-order valence-corrected chi connectivity index (χ3v) is 1.78. The normalized spacial score (nSPS) is 10.4. The van der Waals surface area contributed by atoms with Crippen LogP contribution in [0.15, 0.2) is 30.3 Å². The lowest BCUT2D eigenvalue weighted by Crippen LogP contribution is -2.34. The van der Waals surface area contributed by atoms with Crippen LogP contribution in [0.5, 0.6) is 5.75 Å². The Morgan fingerprint density at radius 2 is 1.67 bits per heavy atom. The minimum atomic E-state index is -0.468. The molecule has 0 unspecified atom stereocenters. The van der Waals surface area contributed by atoms with E-state index in [1.54, 1.807) is 0 Å². The van der Waals surface area contributed by atoms with Crippen molar-refractivity contribution in [2.24, 2.45) is 5.92 Å². The number of carbonyl (C=O) groups is 1. The second-order valence-corrected chi connectivity index (χ2v) is 6.32. The fraction of sp³-hybridized carbons (Fsp3) is 0.588. The minimum Gasteiger partial charge on any atom is -0.492 e. The molecule has 0 aliphatic heterocycles. The zero-order chi connectivity index (χ0) is 16.3. The molecule has 0 aliphatic carbocycles. The van der Waals surface area contributed by atoms with Crippen LogP contribution in [0, 0.1) is 5.92 Å². The largest absolute Gasteiger partial charge is 0.492 e. The van der Waals surface area contributed by atoms with Gasteiger partial charge < -0.3 is 14.8 Å². The Kier molecular flexibility index (Phi) is 9.26. The Morgan fingerprint density at radius 1 is 1.14 bits per heavy atom. The van der Waals surface area contributed by atoms with Crippen molar-refractivity contribution in [3.05, 3.63) is 30.3 Å². The maximum Gasteiger partial charge on any atom is 0.407 e. The van der Waals surface area contributed by atoms with Gasteiger partial charge in [0.25, 0.3) is 0 Å². The first kappa shape index (κ1) is 19.3. The van der Waals surface area contributed by atoms with Gasteiger partial charge in [0.15, 0.2) is 0 Å². The summed E-state index contributed by atoms with van der Waals surface area (Å²) in [6, 6.07) is 9.46. The van der Waals surface area contributed by atoms with E-state index in [0.29, 0.717) is 13.2 Å². The van der Waals surface area contributed by atoms with E-state index in [0.717, 1.165) is 11.7 Å². The van der Waals surface area contributed by atoms with Crippen LogP contribution < -0.4 is 10.1 Å². The number of ether oxygens (including phenoxy) is 2. The van der Waals surface area contributed by atoms with Gasteiger partial charge in [-0.2, -0.15) is 0 Å². The lowest BCUT2D eigenvalue weighted by atomic mass is 10.2. The van der Waals surface area contributed by atoms with Crippen LogP contribution in [0.4, 0.5) is 4.79 Å². The van der Waals surface area contributed by atoms with Crippen LogP contribution >= 0.6 is 0 Å². The smallest absolute Gasteiger partial charge is 0.407 e. The molecule has 0 radical (unpaired) electrons. The molecule has 120 valence electrons. The van der Waals surface area contributed by atoms with E-state index >= 15 is 0 Å². The number of hydrogen-bond acceptors (Lipinski definition) is 3. The number of rotatable bonds is 4. The summed E-state index contributed by atoms with van der Waals surface area (Å²) in [5.41, 5.74) is -0.468. The first-order valence-corrected chi connectivity index (χ1v) is 7.35. The van der Waals surface area contributed by atoms with Gasteiger partial charge in [-0.1, -0.05) is 39.0 Å². The third kappa shape index (κ3) is 14.5. The molecule has 1 rings (SSSR count). The number of para-hydroxylation sites is 1. The Balaban J connectivity index is 0.000000885. The van der Waals surface area contributed by atoms with Gasteiger partial charge in [0.05, 0.1) is 6.54 Å². The van der Waals surface area contributed by atoms with Crippen LogP contribution in [0.3, 0.4) is 0 Å². The van der Waals surface area contributed by atoms with Crippen molar-refractivity contribution >= 4 is 6.09 Å². The van der Waals surface area contributed by atoms with Crippen molar-refractivity contribution in [3.63, 3.8) is 0 Å². The number of benzene rings is 1. The highest BCUT2D eigenvalue weighted by Crippen LogP contribution is 2.08. The van der Waals surface area contributed by atoms with E-state index in [-0.39, 0.29) is 0 Å². The van der Waals surface area contributed by atoms with Gasteiger partial charge in [0.2, 0.25) is 0 Å². The van der Waals surface area contributed by atoms with Gasteiger partial charge in [-0.15, -0.1) is 0 Å². The van der Waals surface area contributed by atoms with E-state index < -0.39 is 11.7 Å². The molecule has 0 saturated heterocycles. The van der Waals surface area contributed by atoms with E-state index in [9.17, 15) is 4.79 Å². The number of hydrogen-bond donors (Lipinski definition) is 1. The minimum absolute atomic E-state index is 0.420. The molecular weight excluding hydrogens is 266 g/mol. The summed E-state index contributed by atoms with van der Waals surface area (Å²) in [5.74, 6) is 1.62. The lowest BCUT2D eigenvalue weighted by Gasteiger charge is -2.19. The van der Waals surface area contributed by atoms with Gasteiger partial charge in [0, 0.05) is 0 Å². The summed E-state index contributed by atoms with van der Waals surface area (Å²) in [6.07, 6.45) is -0.422. The Hall–Kier alpha value is -1.71. The number of nitrogens with one attached hydrogen (secondary N) is 1. The predicted octanol–water partition coefficient (Wildman–Crippen LogP) is 4.25. The molecule has 4 heteroatoms. The van der Waals surface area contributed by atoms with Crippen molar-refractivity contribution < 1.29 is 14.3 Å². The van der Waals surface area contributed by atoms with Gasteiger partial charge in [-0.3, -0.25) is 0 Å². The van der Waals surface area contributed by atoms with Gasteiger partial charge >= 0.3 is 6.09 Å². The Bertz CT molecular complexity index is 380. The summed E-state index contributed by atoms with van der Waals surface area (Å²) in [4.78, 5) is 11.3. The first-order chi connectivity index (χ1) is 9.70. The SMILES string of the molecule is CC(C)(C)OC(=O)NCCOc1ccccc1.CC(C)C. The molecule has 1 amide bonds. The predicted molar refractivity (Wildman–Crippen MR) is 86.7 cm³/mol. The van der Waals surface area contributed by atoms with Crippen LogP contribution in [0.25, 0.3) is 0 Å². The standard InChI is InChI=1S/C13H19NO3.C4H10/c1-13(2,3)17-12(15)14-9-10-16-11-7-5-4-6-8-11;1-4(2)3/h4-8H,9-10H2,1-3H3,(H,14,15);4H,1-3H3. The molecule has 0 bridgehead atoms. The van der Waals surface area contributed by atoms with Crippen molar-refractivity contribution in [2.75, 3.05) is 13.2 Å². The summed E-state index contributed by atoms with van der Waals surface area (Å²) < 4.78 is 10.5. The van der Waals surface area contributed by atoms with Gasteiger partial charge in [0.1, 0.15) is 18.0 Å². The van der Waals surface area contributed by atoms with Crippen molar-refractivity contribution in [2.45, 2.75) is 47.1 Å². The molecule has 0 fully saturated rings. The molecule has 0 saturated carbocycles. The lowest BCUT2D eigenvalue weighted by molar-refractivity contribution is 0.0520. The van der Waals surface area contributed by atoms with Crippen LogP contribution in [0.1, 0.15) is 41.5 Å². The molecule has 4 nitrogen and oxygen atoms in total. The fourth-order valence-electron chi connectivity index (χ4n) is 1.15. The zero-order valence-electron chi connectivity index (χ0n) is 14.1. The van der Waals surface area contributed by atoms with Gasteiger partial charge in [-0.25, -0.2) is 4.79 Å². The highest BCUT2D eigenvalue weighted by molar-refractivity contribution is 5.67. The average Bonchev–Trinajstić information content (AvgIpc) is 2.33. The molecule has 0 spiro atoms. The monoisotopic (exact) mass is 295 g/mol. The van der Waals surface area contributed by atoms with Crippen molar-refractivity contribution in [3.8, 4) is 5.75 Å². The molecule has 1 N–H and O–H groups in total. The average molecular weight is 295 g/mol. The first-order valence-electron chi connectivity index (χ1n) is 7.35. The second-order valence-electron chi connectivity index (χ2n) is 6.32. The fourth-order valence-corrected chi connectivity index (χ4v) is 1.15. The van der Waals surface area contributed by atoms with E-state index in [1.807, 2.05) is 51.1 Å². The van der Waals surface area contributed by atoms with Crippen LogP contribution in [0.2, 0.25) is 0 Å². The van der Waals surface area contributed by atoms with E-state index in [2.05, 4.69) is 26.1 Å². The topological polar surface area (TPSA) is 47.6 Å². The maximum absolute atomic E-state index is 11.3. The van der Waals surface area contributed by atoms with Crippen molar-refractivity contribution in [1.82, 2.24) is 5.32 Å². The molecule has 0 atom stereocenters. The summed E-state index contributed by atoms with van der Waals surface area (Å²) >= 11 is 0. The Labute approximate surface area is 128 Å². The molecule has 0 aromatic heterocycles. The van der Waals surface area contributed by atoms with Crippen LogP contribution in [-0.2, 0) is 4.74 Å². The third-order valence-electron chi connectivity index (χ3n) is 1.78. The van der Waals surface area contributed by atoms with Crippen molar-refractivity contribution in [1.29, 1.82) is 0 Å². The molecule has 1 aromatic carbocycles. The van der Waals surface area contributed by atoms with E-state index in [4.69, 9.17) is 9.47 Å². The molecule has 0 aliphatic rings. The maximum atomic E-state index is 11.3. The highest BCUT2D eigenvalue weighted by Gasteiger charge is 2.15. The van der Waals surface area contributed by atoms with Gasteiger partial charge in [-0.05, 0) is 38.8 Å². The summed E-state index contributed by atoms with van der Waals surface area (Å²) in [5, 5.41) is 2.62. The molecular formula is C17H29NO3. The quantitative estimate of drug-likeness (QED) is 0.845. The summed E-state index contributed by atoms with van der Waals surface area (Å²) in [7, 11) is 0. The number of carbonyl (C=O) groups excluding carboxylic acids is 1.